The Morgan fingerprint density at radius 3 is 2.82 bits per heavy atom. The van der Waals surface area contributed by atoms with Crippen molar-refractivity contribution in [3.05, 3.63) is 29.6 Å². The van der Waals surface area contributed by atoms with Gasteiger partial charge >= 0.3 is 0 Å². The Bertz CT molecular complexity index is 304. The van der Waals surface area contributed by atoms with Gasteiger partial charge in [-0.25, -0.2) is 9.37 Å². The predicted octanol–water partition coefficient (Wildman–Crippen LogP) is 1.43. The fourth-order valence-corrected chi connectivity index (χ4v) is 0.649. The van der Waals surface area contributed by atoms with E-state index >= 15 is 0 Å². The fraction of sp³-hybridized carbons (Fsp3) is 0.143. The summed E-state index contributed by atoms with van der Waals surface area (Å²) in [5.41, 5.74) is 0.381. The lowest BCUT2D eigenvalue weighted by Gasteiger charge is -1.93. The molecule has 0 atom stereocenters. The van der Waals surface area contributed by atoms with E-state index in [1.54, 1.807) is 6.07 Å². The number of halogens is 2. The van der Waals surface area contributed by atoms with Gasteiger partial charge < -0.3 is 0 Å². The van der Waals surface area contributed by atoms with Crippen molar-refractivity contribution in [2.24, 2.45) is 0 Å². The third-order valence-corrected chi connectivity index (χ3v) is 1.14. The van der Waals surface area contributed by atoms with Gasteiger partial charge in [-0.1, -0.05) is 0 Å². The molecule has 1 aromatic rings. The molecule has 0 amide bonds. The Morgan fingerprint density at radius 1 is 1.55 bits per heavy atom. The minimum absolute atomic E-state index is 0.0458. The SMILES string of the molecule is N#CCc1cnc(F)c(F)c1. The molecule has 56 valence electrons. The molecule has 1 aromatic heterocycles. The van der Waals surface area contributed by atoms with Crippen LogP contribution >= 0.6 is 0 Å². The molecule has 0 saturated heterocycles. The summed E-state index contributed by atoms with van der Waals surface area (Å²) in [5, 5.41) is 8.19. The molecule has 4 heteroatoms. The second kappa shape index (κ2) is 3.06. The predicted molar refractivity (Wildman–Crippen MR) is 33.5 cm³/mol. The number of nitriles is 1. The van der Waals surface area contributed by atoms with Crippen LogP contribution in [-0.2, 0) is 6.42 Å². The summed E-state index contributed by atoms with van der Waals surface area (Å²) in [4.78, 5) is 3.10. The van der Waals surface area contributed by atoms with E-state index < -0.39 is 11.8 Å². The average Bonchev–Trinajstić information content (AvgIpc) is 1.98. The molecule has 0 radical (unpaired) electrons. The molecule has 0 aromatic carbocycles. The van der Waals surface area contributed by atoms with E-state index in [-0.39, 0.29) is 6.42 Å². The third kappa shape index (κ3) is 1.71. The highest BCUT2D eigenvalue weighted by Gasteiger charge is 2.02. The highest BCUT2D eigenvalue weighted by Crippen LogP contribution is 2.05. The van der Waals surface area contributed by atoms with Crippen LogP contribution < -0.4 is 0 Å². The minimum atomic E-state index is -1.13. The van der Waals surface area contributed by atoms with Gasteiger partial charge in [-0.05, 0) is 11.6 Å². The molecule has 0 spiro atoms. The molecular weight excluding hydrogens is 150 g/mol. The number of hydrogen-bond acceptors (Lipinski definition) is 2. The van der Waals surface area contributed by atoms with Crippen LogP contribution in [-0.4, -0.2) is 4.98 Å². The molecule has 0 fully saturated rings. The van der Waals surface area contributed by atoms with Gasteiger partial charge in [-0.2, -0.15) is 9.65 Å². The number of aromatic nitrogens is 1. The van der Waals surface area contributed by atoms with Crippen molar-refractivity contribution in [1.29, 1.82) is 5.26 Å². The van der Waals surface area contributed by atoms with Crippen molar-refractivity contribution in [3.63, 3.8) is 0 Å². The Kier molecular flexibility index (Phi) is 2.12. The molecule has 1 rings (SSSR count). The van der Waals surface area contributed by atoms with Crippen molar-refractivity contribution < 1.29 is 8.78 Å². The van der Waals surface area contributed by atoms with Crippen LogP contribution in [0.5, 0.6) is 0 Å². The summed E-state index contributed by atoms with van der Waals surface area (Å²) in [7, 11) is 0. The zero-order valence-corrected chi connectivity index (χ0v) is 5.51. The quantitative estimate of drug-likeness (QED) is 0.573. The summed E-state index contributed by atoms with van der Waals surface area (Å²) in [6.07, 6.45) is 1.19. The van der Waals surface area contributed by atoms with E-state index in [1.165, 1.54) is 0 Å². The van der Waals surface area contributed by atoms with Crippen LogP contribution in [0.15, 0.2) is 12.3 Å². The Balaban J connectivity index is 2.98. The minimum Gasteiger partial charge on any atom is -0.225 e. The molecule has 0 aliphatic rings. The average molecular weight is 154 g/mol. The standard InChI is InChI=1S/C7H4F2N2/c8-6-3-5(1-2-10)4-11-7(6)9/h3-4H,1H2. The molecular formula is C7H4F2N2. The Morgan fingerprint density at radius 2 is 2.27 bits per heavy atom. The largest absolute Gasteiger partial charge is 0.248 e. The Labute approximate surface area is 62.1 Å². The van der Waals surface area contributed by atoms with Gasteiger partial charge in [0.05, 0.1) is 12.5 Å². The number of hydrogen-bond donors (Lipinski definition) is 0. The second-order valence-electron chi connectivity index (χ2n) is 1.95. The number of rotatable bonds is 1. The molecule has 0 unspecified atom stereocenters. The maximum Gasteiger partial charge on any atom is 0.248 e. The molecule has 0 aliphatic carbocycles. The molecule has 0 bridgehead atoms. The molecule has 0 aliphatic heterocycles. The number of pyridine rings is 1. The fourth-order valence-electron chi connectivity index (χ4n) is 0.649. The first-order valence-corrected chi connectivity index (χ1v) is 2.91. The highest BCUT2D eigenvalue weighted by molar-refractivity contribution is 5.14. The van der Waals surface area contributed by atoms with E-state index in [9.17, 15) is 8.78 Å². The second-order valence-corrected chi connectivity index (χ2v) is 1.95. The highest BCUT2D eigenvalue weighted by atomic mass is 19.2. The zero-order chi connectivity index (χ0) is 8.27. The van der Waals surface area contributed by atoms with E-state index in [2.05, 4.69) is 4.98 Å². The van der Waals surface area contributed by atoms with Gasteiger partial charge in [0, 0.05) is 6.20 Å². The van der Waals surface area contributed by atoms with E-state index in [1.807, 2.05) is 0 Å². The summed E-state index contributed by atoms with van der Waals surface area (Å²) >= 11 is 0. The topological polar surface area (TPSA) is 36.7 Å². The lowest BCUT2D eigenvalue weighted by molar-refractivity contribution is 0.478. The van der Waals surface area contributed by atoms with Crippen molar-refractivity contribution in [2.75, 3.05) is 0 Å². The lowest BCUT2D eigenvalue weighted by Crippen LogP contribution is -1.92. The van der Waals surface area contributed by atoms with Crippen molar-refractivity contribution in [2.45, 2.75) is 6.42 Å². The maximum atomic E-state index is 12.4. The van der Waals surface area contributed by atoms with Gasteiger partial charge in [-0.15, -0.1) is 0 Å². The normalized spacial score (nSPS) is 9.18. The maximum absolute atomic E-state index is 12.4. The summed E-state index contributed by atoms with van der Waals surface area (Å²) < 4.78 is 24.5. The van der Waals surface area contributed by atoms with Gasteiger partial charge in [0.15, 0.2) is 5.82 Å². The summed E-state index contributed by atoms with van der Waals surface area (Å²) in [5.74, 6) is -2.15. The van der Waals surface area contributed by atoms with Gasteiger partial charge in [-0.3, -0.25) is 0 Å². The molecule has 1 heterocycles. The van der Waals surface area contributed by atoms with Crippen LogP contribution in [0.2, 0.25) is 0 Å². The van der Waals surface area contributed by atoms with E-state index in [0.717, 1.165) is 12.3 Å². The van der Waals surface area contributed by atoms with Crippen molar-refractivity contribution in [1.82, 2.24) is 4.98 Å². The van der Waals surface area contributed by atoms with E-state index in [4.69, 9.17) is 5.26 Å². The van der Waals surface area contributed by atoms with Gasteiger partial charge in [0.1, 0.15) is 0 Å². The Hall–Kier alpha value is -1.50. The molecule has 0 saturated carbocycles. The van der Waals surface area contributed by atoms with Crippen LogP contribution in [0, 0.1) is 23.1 Å². The first-order valence-electron chi connectivity index (χ1n) is 2.91. The zero-order valence-electron chi connectivity index (χ0n) is 5.51. The smallest absolute Gasteiger partial charge is 0.225 e. The molecule has 2 nitrogen and oxygen atoms in total. The van der Waals surface area contributed by atoms with Gasteiger partial charge in [0.2, 0.25) is 5.95 Å². The van der Waals surface area contributed by atoms with E-state index in [0.29, 0.717) is 5.56 Å². The van der Waals surface area contributed by atoms with Crippen LogP contribution in [0.3, 0.4) is 0 Å². The van der Waals surface area contributed by atoms with Crippen molar-refractivity contribution in [3.8, 4) is 6.07 Å². The molecule has 11 heavy (non-hydrogen) atoms. The first-order chi connectivity index (χ1) is 5.24. The van der Waals surface area contributed by atoms with Crippen LogP contribution in [0.25, 0.3) is 0 Å². The third-order valence-electron chi connectivity index (χ3n) is 1.14. The molecule has 0 N–H and O–H groups in total. The summed E-state index contributed by atoms with van der Waals surface area (Å²) in [6, 6.07) is 2.77. The van der Waals surface area contributed by atoms with Crippen molar-refractivity contribution >= 4 is 0 Å². The first kappa shape index (κ1) is 7.61. The summed E-state index contributed by atoms with van der Waals surface area (Å²) in [6.45, 7) is 0. The monoisotopic (exact) mass is 154 g/mol. The van der Waals surface area contributed by atoms with Gasteiger partial charge in [0.25, 0.3) is 0 Å². The lowest BCUT2D eigenvalue weighted by atomic mass is 10.2. The van der Waals surface area contributed by atoms with Crippen LogP contribution in [0.4, 0.5) is 8.78 Å². The number of nitrogens with zero attached hydrogens (tertiary/aromatic N) is 2. The van der Waals surface area contributed by atoms with Crippen LogP contribution in [0.1, 0.15) is 5.56 Å².